The monoisotopic (exact) mass is 1860 g/mol. The second-order valence-corrected chi connectivity index (χ2v) is 31.4. The number of alkyl halides is 9. The fourth-order valence-electron chi connectivity index (χ4n) is 8.81. The molecule has 110 heavy (non-hydrogen) atoms. The third-order valence-corrected chi connectivity index (χ3v) is 22.3. The summed E-state index contributed by atoms with van der Waals surface area (Å²) < 4.78 is 338. The molecule has 0 amide bonds. The second kappa shape index (κ2) is 35.7. The smallest absolute Gasteiger partial charge is 0.416 e. The molecule has 2 N–H and O–H groups in total. The number of ether oxygens (including phenoxy) is 6. The van der Waals surface area contributed by atoms with Gasteiger partial charge in [0.15, 0.2) is 34.8 Å². The van der Waals surface area contributed by atoms with Gasteiger partial charge in [-0.15, -0.1) is 0 Å². The molecule has 586 valence electrons. The number of aromatic hydroxyl groups is 1. The minimum absolute atomic E-state index is 0.0105. The Hall–Kier alpha value is -9.39. The Bertz CT molecular complexity index is 5440. The first kappa shape index (κ1) is 86.2. The largest absolute Gasteiger partial charge is 0.508 e. The molecule has 3 aromatic heterocycles. The van der Waals surface area contributed by atoms with Crippen molar-refractivity contribution in [2.24, 2.45) is 0 Å². The van der Waals surface area contributed by atoms with Gasteiger partial charge in [0.05, 0.1) is 58.2 Å². The summed E-state index contributed by atoms with van der Waals surface area (Å²) in [6, 6.07) is 19.0. The number of phenols is 1. The van der Waals surface area contributed by atoms with E-state index in [2.05, 4.69) is 75.9 Å². The molecule has 47 heteroatoms. The summed E-state index contributed by atoms with van der Waals surface area (Å²) in [7, 11) is -8.36. The molecule has 0 spiro atoms. The number of benzene rings is 8. The molecule has 0 saturated carbocycles. The molecule has 8 aromatic carbocycles. The van der Waals surface area contributed by atoms with Crippen LogP contribution in [0.15, 0.2) is 174 Å². The summed E-state index contributed by atoms with van der Waals surface area (Å²) in [5.74, 6) is -11.3. The van der Waals surface area contributed by atoms with Crippen LogP contribution < -0.4 is 41.8 Å². The Morgan fingerprint density at radius 1 is 0.409 bits per heavy atom. The molecule has 0 aliphatic rings. The van der Waals surface area contributed by atoms with Crippen LogP contribution in [0.2, 0.25) is 0 Å². The Morgan fingerprint density at radius 3 is 1.16 bits per heavy atom. The number of hydrogen-bond acceptors (Lipinski definition) is 22. The van der Waals surface area contributed by atoms with Crippen molar-refractivity contribution in [2.45, 2.75) is 46.3 Å². The summed E-state index contributed by atoms with van der Waals surface area (Å²) in [6.45, 7) is -0.731. The van der Waals surface area contributed by atoms with Crippen molar-refractivity contribution in [2.75, 3.05) is 41.8 Å². The molecule has 0 unspecified atom stereocenters. The van der Waals surface area contributed by atoms with Gasteiger partial charge in [0.1, 0.15) is 91.4 Å². The van der Waals surface area contributed by atoms with Crippen LogP contribution in [0.1, 0.15) is 27.8 Å². The molecular weight excluding hydrogens is 1830 g/mol. The molecule has 3 heterocycles. The Morgan fingerprint density at radius 2 is 0.782 bits per heavy atom. The highest BCUT2D eigenvalue weighted by molar-refractivity contribution is 9.11. The standard InChI is InChI=1S/C24H17BrF5N3O5S2.C17H14F3N3O4S2.C15H7BrF5N3O3S2.C7H4BrF3O/c1-36-16-4-3-13(20(8-16)37-2)11-33(23-31-12-32-39-23)40(34,35)22-10-18(26)21(9-19(22)27)38-17-6-14(24(28,29)30)5-15(25)7-17;1-26-11-4-3-10(15(5-11)27-2)8-23(17-21-9-22-28-17)29(24,25)16-7-13(19)12(18)6-14(16)20;16-8-1-7(15(19,20)21)2-9(3-8)27-12-4-11(18)13(5-10(12)17)29(25,26)24-14-22-6-23-28-14;8-5-1-4(7(9,10)11)2-6(12)3-5/h3-10,12H,11H2,1-2H3;3-7,9H,8H2,1-2H3;1-6H,(H,22,23,24);1-3,12H. The number of aromatic nitrogens is 6. The van der Waals surface area contributed by atoms with Crippen molar-refractivity contribution in [1.29, 1.82) is 0 Å². The number of nitrogens with zero attached hydrogens (tertiary/aromatic N) is 8. The minimum Gasteiger partial charge on any atom is -0.508 e. The van der Waals surface area contributed by atoms with Gasteiger partial charge >= 0.3 is 18.5 Å². The van der Waals surface area contributed by atoms with E-state index in [-0.39, 0.29) is 47.2 Å². The van der Waals surface area contributed by atoms with Crippen molar-refractivity contribution >= 4 is 128 Å². The van der Waals surface area contributed by atoms with Gasteiger partial charge in [0.25, 0.3) is 30.1 Å². The molecule has 11 aromatic rings. The lowest BCUT2D eigenvalue weighted by Crippen LogP contribution is -2.31. The normalized spacial score (nSPS) is 11.7. The molecule has 0 radical (unpaired) electrons. The van der Waals surface area contributed by atoms with Crippen molar-refractivity contribution < 1.29 is 129 Å². The van der Waals surface area contributed by atoms with E-state index >= 15 is 8.78 Å². The fraction of sp³-hybridized carbons (Fsp3) is 0.143. The van der Waals surface area contributed by atoms with E-state index in [1.54, 1.807) is 24.3 Å². The summed E-state index contributed by atoms with van der Waals surface area (Å²) in [4.78, 5) is 8.21. The quantitative estimate of drug-likeness (QED) is 0.0499. The van der Waals surface area contributed by atoms with E-state index in [0.29, 0.717) is 100.0 Å². The SMILES string of the molecule is COc1ccc(CN(c2ncns2)S(=O)(=O)c2cc(F)c(F)cc2F)c(OC)c1.COc1ccc(CN(c2ncns2)S(=O)(=O)c2cc(F)c(Oc3cc(Br)cc(C(F)(F)F)c3)cc2F)c(OC)c1.O=S(=O)(Nc1ncns1)c1cc(F)c(Oc2cc(Br)cc(C(F)(F)F)c2)cc1F.Oc1cc(Br)cc(C(F)(F)F)c1. The molecule has 0 saturated heterocycles. The lowest BCUT2D eigenvalue weighted by Gasteiger charge is -2.23. The molecule has 0 fully saturated rings. The van der Waals surface area contributed by atoms with Gasteiger partial charge in [0, 0.05) is 108 Å². The highest BCUT2D eigenvalue weighted by Crippen LogP contribution is 2.42. The van der Waals surface area contributed by atoms with Crippen molar-refractivity contribution in [3.8, 4) is 51.7 Å². The number of nitrogens with one attached hydrogen (secondary N) is 1. The van der Waals surface area contributed by atoms with Gasteiger partial charge in [-0.2, -0.15) is 52.6 Å². The van der Waals surface area contributed by atoms with Gasteiger partial charge in [-0.1, -0.05) is 47.8 Å². The lowest BCUT2D eigenvalue weighted by molar-refractivity contribution is -0.138. The van der Waals surface area contributed by atoms with Gasteiger partial charge in [-0.25, -0.2) is 79.5 Å². The third kappa shape index (κ3) is 22.0. The first-order chi connectivity index (χ1) is 51.4. The van der Waals surface area contributed by atoms with Gasteiger partial charge < -0.3 is 33.5 Å². The average molecular weight is 1870 g/mol. The zero-order valence-electron chi connectivity index (χ0n) is 54.8. The first-order valence-electron chi connectivity index (χ1n) is 29.1. The maximum absolute atomic E-state index is 15.2. The summed E-state index contributed by atoms with van der Waals surface area (Å²) in [5, 5.41) is 8.42. The predicted octanol–water partition coefficient (Wildman–Crippen LogP) is 18.5. The van der Waals surface area contributed by atoms with Crippen molar-refractivity contribution in [1.82, 2.24) is 28.1 Å². The molecule has 0 bridgehead atoms. The van der Waals surface area contributed by atoms with Crippen LogP contribution in [0.25, 0.3) is 0 Å². The van der Waals surface area contributed by atoms with Crippen molar-refractivity contribution in [3.63, 3.8) is 0 Å². The van der Waals surface area contributed by atoms with Crippen LogP contribution >= 0.6 is 82.4 Å². The number of phenolic OH excluding ortho intramolecular Hbond substituents is 1. The number of sulfonamides is 3. The third-order valence-electron chi connectivity index (χ3n) is 13.8. The van der Waals surface area contributed by atoms with Crippen LogP contribution in [0.3, 0.4) is 0 Å². The van der Waals surface area contributed by atoms with E-state index in [1.807, 2.05) is 4.72 Å². The number of hydrogen-bond donors (Lipinski definition) is 2. The molecular formula is C63H42Br3F16N9O13S6. The maximum atomic E-state index is 15.2. The Kier molecular flexibility index (Phi) is 28.0. The molecule has 0 aliphatic heterocycles. The van der Waals surface area contributed by atoms with E-state index < -0.39 is 156 Å². The van der Waals surface area contributed by atoms with Crippen LogP contribution in [-0.4, -0.2) is 86.9 Å². The fourth-order valence-corrected chi connectivity index (χ4v) is 16.3. The Labute approximate surface area is 648 Å². The number of rotatable bonds is 21. The zero-order chi connectivity index (χ0) is 81.2. The second-order valence-electron chi connectivity index (χ2n) is 21.0. The van der Waals surface area contributed by atoms with E-state index in [0.717, 1.165) is 69.5 Å². The summed E-state index contributed by atoms with van der Waals surface area (Å²) in [5.41, 5.74) is -2.30. The van der Waals surface area contributed by atoms with E-state index in [1.165, 1.54) is 46.6 Å². The van der Waals surface area contributed by atoms with Crippen LogP contribution in [0, 0.1) is 40.7 Å². The van der Waals surface area contributed by atoms with Gasteiger partial charge in [-0.05, 0) is 78.9 Å². The van der Waals surface area contributed by atoms with Crippen LogP contribution in [0.5, 0.6) is 51.7 Å². The Balaban J connectivity index is 0.000000195. The van der Waals surface area contributed by atoms with Gasteiger partial charge in [0.2, 0.25) is 15.4 Å². The molecule has 11 rings (SSSR count). The number of halogens is 19. The lowest BCUT2D eigenvalue weighted by atomic mass is 10.2. The van der Waals surface area contributed by atoms with Crippen molar-refractivity contribution in [3.05, 3.63) is 228 Å². The van der Waals surface area contributed by atoms with E-state index in [9.17, 15) is 86.7 Å². The zero-order valence-corrected chi connectivity index (χ0v) is 64.5. The predicted molar refractivity (Wildman–Crippen MR) is 375 cm³/mol. The van der Waals surface area contributed by atoms with Crippen LogP contribution in [0.4, 0.5) is 85.6 Å². The summed E-state index contributed by atoms with van der Waals surface area (Å²) >= 11 is 10.7. The molecule has 0 aliphatic carbocycles. The number of anilines is 3. The van der Waals surface area contributed by atoms with Gasteiger partial charge in [-0.3, -0.25) is 4.72 Å². The topological polar surface area (TPSA) is 274 Å². The highest BCUT2D eigenvalue weighted by atomic mass is 79.9. The van der Waals surface area contributed by atoms with Crippen LogP contribution in [-0.2, 0) is 61.7 Å². The summed E-state index contributed by atoms with van der Waals surface area (Å²) in [6.07, 6.45) is -10.6. The maximum Gasteiger partial charge on any atom is 0.416 e. The molecule has 0 atom stereocenters. The minimum atomic E-state index is -4.81. The first-order valence-corrected chi connectivity index (χ1v) is 38.1. The van der Waals surface area contributed by atoms with E-state index in [4.69, 9.17) is 33.5 Å². The highest BCUT2D eigenvalue weighted by Gasteiger charge is 2.37. The molecule has 22 nitrogen and oxygen atoms in total. The average Bonchev–Trinajstić information content (AvgIpc) is 1.14. The number of methoxy groups -OCH3 is 4.